The van der Waals surface area contributed by atoms with E-state index < -0.39 is 0 Å². The van der Waals surface area contributed by atoms with Crippen LogP contribution in [0.5, 0.6) is 11.5 Å². The Morgan fingerprint density at radius 3 is 0.904 bits per heavy atom. The van der Waals surface area contributed by atoms with E-state index in [1.54, 1.807) is 14.2 Å². The maximum Gasteiger partial charge on any atom is 0.128 e. The Labute approximate surface area is 305 Å². The first kappa shape index (κ1) is 32.6. The third-order valence-electron chi connectivity index (χ3n) is 9.71. The van der Waals surface area contributed by atoms with Crippen molar-refractivity contribution in [1.82, 2.24) is 0 Å². The SMILES string of the molecule is COc1cc(C=C(c2ccccc2)c2ccccc2)c2ccccc2c1-c1c(OC)cc(C=C(c2ccccc2)c2ccccc2)c2ccccc12. The molecule has 0 amide bonds. The van der Waals surface area contributed by atoms with Gasteiger partial charge in [-0.3, -0.25) is 0 Å². The van der Waals surface area contributed by atoms with E-state index in [0.717, 1.165) is 88.7 Å². The molecule has 2 heteroatoms. The first-order valence-corrected chi connectivity index (χ1v) is 17.6. The van der Waals surface area contributed by atoms with Crippen LogP contribution in [0.25, 0.3) is 56.0 Å². The standard InChI is InChI=1S/C50H38O2/c1-51-47-33-39(31-45(35-19-7-3-8-20-35)36-21-9-4-10-22-36)41-27-15-17-29-43(41)49(47)50-44-30-18-16-28-42(44)40(34-48(50)52-2)32-46(37-23-11-5-12-24-37)38-25-13-6-14-26-38/h3-34H,1-2H3. The number of fused-ring (bicyclic) bond motifs is 2. The third-order valence-corrected chi connectivity index (χ3v) is 9.71. The molecule has 0 saturated carbocycles. The topological polar surface area (TPSA) is 18.5 Å². The van der Waals surface area contributed by atoms with Crippen LogP contribution in [0.2, 0.25) is 0 Å². The summed E-state index contributed by atoms with van der Waals surface area (Å²) in [4.78, 5) is 0. The zero-order valence-corrected chi connectivity index (χ0v) is 29.3. The van der Waals surface area contributed by atoms with Gasteiger partial charge in [0.15, 0.2) is 0 Å². The Morgan fingerprint density at radius 2 is 0.615 bits per heavy atom. The van der Waals surface area contributed by atoms with Crippen molar-refractivity contribution in [3.8, 4) is 22.6 Å². The molecule has 0 radical (unpaired) electrons. The highest BCUT2D eigenvalue weighted by Gasteiger charge is 2.22. The van der Waals surface area contributed by atoms with Gasteiger partial charge in [0.1, 0.15) is 11.5 Å². The van der Waals surface area contributed by atoms with Crippen LogP contribution in [0.4, 0.5) is 0 Å². The van der Waals surface area contributed by atoms with E-state index in [0.29, 0.717) is 0 Å². The van der Waals surface area contributed by atoms with Gasteiger partial charge in [-0.25, -0.2) is 0 Å². The molecule has 0 atom stereocenters. The van der Waals surface area contributed by atoms with Gasteiger partial charge in [-0.05, 0) is 90.4 Å². The highest BCUT2D eigenvalue weighted by atomic mass is 16.5. The molecule has 8 aromatic rings. The van der Waals surface area contributed by atoms with Crippen LogP contribution in [0.3, 0.4) is 0 Å². The van der Waals surface area contributed by atoms with Crippen LogP contribution in [0.15, 0.2) is 182 Å². The molecule has 0 heterocycles. The molecular formula is C50H38O2. The molecule has 2 nitrogen and oxygen atoms in total. The third kappa shape index (κ3) is 6.27. The number of hydrogen-bond donors (Lipinski definition) is 0. The average molecular weight is 671 g/mol. The van der Waals surface area contributed by atoms with Crippen molar-refractivity contribution in [3.63, 3.8) is 0 Å². The maximum absolute atomic E-state index is 6.30. The summed E-state index contributed by atoms with van der Waals surface area (Å²) in [6.45, 7) is 0. The van der Waals surface area contributed by atoms with E-state index in [1.165, 1.54) is 0 Å². The number of ether oxygens (including phenoxy) is 2. The molecule has 0 N–H and O–H groups in total. The lowest BCUT2D eigenvalue weighted by atomic mass is 9.87. The summed E-state index contributed by atoms with van der Waals surface area (Å²) in [6.07, 6.45) is 4.58. The second kappa shape index (κ2) is 14.7. The van der Waals surface area contributed by atoms with Gasteiger partial charge < -0.3 is 9.47 Å². The molecule has 0 aliphatic carbocycles. The highest BCUT2D eigenvalue weighted by Crippen LogP contribution is 2.48. The van der Waals surface area contributed by atoms with Crippen LogP contribution < -0.4 is 9.47 Å². The Balaban J connectivity index is 1.39. The van der Waals surface area contributed by atoms with Crippen molar-refractivity contribution in [2.24, 2.45) is 0 Å². The molecule has 8 aromatic carbocycles. The maximum atomic E-state index is 6.30. The van der Waals surface area contributed by atoms with Gasteiger partial charge in [-0.2, -0.15) is 0 Å². The minimum Gasteiger partial charge on any atom is -0.496 e. The lowest BCUT2D eigenvalue weighted by Gasteiger charge is -2.21. The predicted octanol–water partition coefficient (Wildman–Crippen LogP) is 12.9. The van der Waals surface area contributed by atoms with Crippen LogP contribution in [-0.4, -0.2) is 14.2 Å². The summed E-state index contributed by atoms with van der Waals surface area (Å²) >= 11 is 0. The molecule has 8 rings (SSSR count). The van der Waals surface area contributed by atoms with Gasteiger partial charge >= 0.3 is 0 Å². The molecule has 250 valence electrons. The Kier molecular flexibility index (Phi) is 9.19. The summed E-state index contributed by atoms with van der Waals surface area (Å²) in [6, 6.07) is 63.9. The average Bonchev–Trinajstić information content (AvgIpc) is 3.22. The second-order valence-corrected chi connectivity index (χ2v) is 12.8. The molecule has 0 saturated heterocycles. The number of benzene rings is 8. The Morgan fingerprint density at radius 1 is 0.346 bits per heavy atom. The number of rotatable bonds is 9. The molecular weight excluding hydrogens is 633 g/mol. The van der Waals surface area contributed by atoms with Crippen molar-refractivity contribution in [1.29, 1.82) is 0 Å². The van der Waals surface area contributed by atoms with Crippen molar-refractivity contribution in [2.75, 3.05) is 14.2 Å². The van der Waals surface area contributed by atoms with Gasteiger partial charge in [0, 0.05) is 11.1 Å². The van der Waals surface area contributed by atoms with Gasteiger partial charge in [0.2, 0.25) is 0 Å². The summed E-state index contributed by atoms with van der Waals surface area (Å²) in [7, 11) is 3.52. The highest BCUT2D eigenvalue weighted by molar-refractivity contribution is 6.14. The predicted molar refractivity (Wildman–Crippen MR) is 220 cm³/mol. The van der Waals surface area contributed by atoms with Crippen molar-refractivity contribution < 1.29 is 9.47 Å². The van der Waals surface area contributed by atoms with Gasteiger partial charge in [-0.15, -0.1) is 0 Å². The van der Waals surface area contributed by atoms with Crippen molar-refractivity contribution in [3.05, 3.63) is 215 Å². The van der Waals surface area contributed by atoms with E-state index in [9.17, 15) is 0 Å². The van der Waals surface area contributed by atoms with Crippen LogP contribution in [-0.2, 0) is 0 Å². The summed E-state index contributed by atoms with van der Waals surface area (Å²) in [5, 5.41) is 4.45. The van der Waals surface area contributed by atoms with Gasteiger partial charge in [0.25, 0.3) is 0 Å². The fraction of sp³-hybridized carbons (Fsp3) is 0.0400. The molecule has 0 aliphatic heterocycles. The number of hydrogen-bond acceptors (Lipinski definition) is 2. The molecule has 0 aliphatic rings. The Hall–Kier alpha value is -6.64. The van der Waals surface area contributed by atoms with Crippen molar-refractivity contribution >= 4 is 44.8 Å². The first-order chi connectivity index (χ1) is 25.7. The van der Waals surface area contributed by atoms with Gasteiger partial charge in [-0.1, -0.05) is 170 Å². The molecule has 0 fully saturated rings. The minimum atomic E-state index is 0.784. The normalized spacial score (nSPS) is 10.9. The first-order valence-electron chi connectivity index (χ1n) is 17.6. The second-order valence-electron chi connectivity index (χ2n) is 12.8. The monoisotopic (exact) mass is 670 g/mol. The summed E-state index contributed by atoms with van der Waals surface area (Å²) < 4.78 is 12.6. The van der Waals surface area contributed by atoms with E-state index in [-0.39, 0.29) is 0 Å². The Bertz CT molecular complexity index is 2290. The molecule has 0 aromatic heterocycles. The van der Waals surface area contributed by atoms with E-state index in [4.69, 9.17) is 9.47 Å². The zero-order valence-electron chi connectivity index (χ0n) is 29.3. The molecule has 0 bridgehead atoms. The smallest absolute Gasteiger partial charge is 0.128 e. The summed E-state index contributed by atoms with van der Waals surface area (Å²) in [5.41, 5.74) is 11.1. The minimum absolute atomic E-state index is 0.784. The van der Waals surface area contributed by atoms with E-state index >= 15 is 0 Å². The largest absolute Gasteiger partial charge is 0.496 e. The van der Waals surface area contributed by atoms with Crippen LogP contribution in [0, 0.1) is 0 Å². The zero-order chi connectivity index (χ0) is 35.3. The molecule has 0 spiro atoms. The van der Waals surface area contributed by atoms with Crippen LogP contribution >= 0.6 is 0 Å². The molecule has 0 unspecified atom stereocenters. The van der Waals surface area contributed by atoms with Gasteiger partial charge in [0.05, 0.1) is 14.2 Å². The quantitative estimate of drug-likeness (QED) is 0.142. The fourth-order valence-corrected chi connectivity index (χ4v) is 7.28. The van der Waals surface area contributed by atoms with Crippen molar-refractivity contribution in [2.45, 2.75) is 0 Å². The fourth-order valence-electron chi connectivity index (χ4n) is 7.28. The lowest BCUT2D eigenvalue weighted by Crippen LogP contribution is -1.98. The number of methoxy groups -OCH3 is 2. The van der Waals surface area contributed by atoms with E-state index in [1.807, 2.05) is 0 Å². The molecule has 52 heavy (non-hydrogen) atoms. The van der Waals surface area contributed by atoms with Crippen LogP contribution in [0.1, 0.15) is 33.4 Å². The lowest BCUT2D eigenvalue weighted by molar-refractivity contribution is 0.411. The van der Waals surface area contributed by atoms with E-state index in [2.05, 4.69) is 194 Å². The summed E-state index contributed by atoms with van der Waals surface area (Å²) in [5.74, 6) is 1.57.